The van der Waals surface area contributed by atoms with Crippen LogP contribution in [0.2, 0.25) is 5.02 Å². The molecule has 3 rings (SSSR count). The lowest BCUT2D eigenvalue weighted by molar-refractivity contribution is -0.385. The molecule has 0 aliphatic rings. The summed E-state index contributed by atoms with van der Waals surface area (Å²) in [7, 11) is 0. The number of rotatable bonds is 12. The van der Waals surface area contributed by atoms with Gasteiger partial charge < -0.3 is 9.47 Å². The summed E-state index contributed by atoms with van der Waals surface area (Å²) in [6, 6.07) is 12.7. The van der Waals surface area contributed by atoms with E-state index in [1.54, 1.807) is 30.3 Å². The van der Waals surface area contributed by atoms with Gasteiger partial charge in [0.05, 0.1) is 29.7 Å². The van der Waals surface area contributed by atoms with E-state index in [1.807, 2.05) is 19.1 Å². The molecule has 8 nitrogen and oxygen atoms in total. The van der Waals surface area contributed by atoms with Crippen molar-refractivity contribution in [2.24, 2.45) is 5.10 Å². The molecule has 0 saturated heterocycles. The number of carbonyl (C=O) groups excluding carboxylic acids is 1. The van der Waals surface area contributed by atoms with E-state index >= 15 is 0 Å². The van der Waals surface area contributed by atoms with Crippen molar-refractivity contribution in [1.29, 1.82) is 0 Å². The highest BCUT2D eigenvalue weighted by atomic mass is 35.5. The highest BCUT2D eigenvalue weighted by molar-refractivity contribution is 6.30. The Morgan fingerprint density at radius 2 is 1.85 bits per heavy atom. The van der Waals surface area contributed by atoms with Crippen LogP contribution in [0, 0.1) is 10.1 Å². The molecule has 0 radical (unpaired) electrons. The Kier molecular flexibility index (Phi) is 10.3. The minimum atomic E-state index is -4.75. The topological polar surface area (TPSA) is 103 Å². The van der Waals surface area contributed by atoms with Crippen molar-refractivity contribution in [3.05, 3.63) is 110 Å². The highest BCUT2D eigenvalue weighted by Gasteiger charge is 2.33. The molecule has 3 aromatic carbocycles. The molecule has 0 saturated carbocycles. The number of carbonyl (C=O) groups is 1. The number of hydrogen-bond donors (Lipinski definition) is 1. The van der Waals surface area contributed by atoms with E-state index < -0.39 is 34.7 Å². The smallest absolute Gasteiger partial charge is 0.416 e. The van der Waals surface area contributed by atoms with Gasteiger partial charge in [0.1, 0.15) is 6.61 Å². The molecular formula is C28H25ClF3N3O5. The van der Waals surface area contributed by atoms with Gasteiger partial charge in [-0.2, -0.15) is 18.3 Å². The molecule has 3 aromatic rings. The average Bonchev–Trinajstić information content (AvgIpc) is 2.89. The Hall–Kier alpha value is -4.38. The zero-order valence-corrected chi connectivity index (χ0v) is 22.1. The van der Waals surface area contributed by atoms with E-state index in [1.165, 1.54) is 6.21 Å². The van der Waals surface area contributed by atoms with Crippen LogP contribution in [-0.4, -0.2) is 23.7 Å². The second-order valence-electron chi connectivity index (χ2n) is 8.42. The van der Waals surface area contributed by atoms with E-state index in [0.29, 0.717) is 47.2 Å². The van der Waals surface area contributed by atoms with Gasteiger partial charge in [-0.05, 0) is 54.8 Å². The number of nitro benzene ring substituents is 1. The van der Waals surface area contributed by atoms with Crippen LogP contribution >= 0.6 is 11.6 Å². The van der Waals surface area contributed by atoms with Crippen LogP contribution in [0.4, 0.5) is 18.9 Å². The number of benzene rings is 3. The fraction of sp³-hybridized carbons (Fsp3) is 0.214. The van der Waals surface area contributed by atoms with Crippen LogP contribution in [-0.2, 0) is 30.4 Å². The molecule has 12 heteroatoms. The number of ether oxygens (including phenoxy) is 2. The van der Waals surface area contributed by atoms with Gasteiger partial charge in [-0.15, -0.1) is 6.58 Å². The Labute approximate surface area is 233 Å². The quantitative estimate of drug-likeness (QED) is 0.112. The second-order valence-corrected chi connectivity index (χ2v) is 8.85. The molecule has 210 valence electrons. The summed E-state index contributed by atoms with van der Waals surface area (Å²) in [5, 5.41) is 15.8. The van der Waals surface area contributed by atoms with E-state index in [0.717, 1.165) is 17.2 Å². The summed E-state index contributed by atoms with van der Waals surface area (Å²) in [5.41, 5.74) is 2.29. The van der Waals surface area contributed by atoms with Crippen LogP contribution in [0.25, 0.3) is 0 Å². The number of halogens is 4. The SMILES string of the molecule is C=CCc1cc(/C=N/NC(=O)Cc2ccc(C(F)(F)F)cc2[N+](=O)[O-])cc(OCC)c1OCc1ccc(Cl)cc1. The third-order valence-corrected chi connectivity index (χ3v) is 5.73. The largest absolute Gasteiger partial charge is 0.490 e. The van der Waals surface area contributed by atoms with Crippen molar-refractivity contribution in [2.75, 3.05) is 6.61 Å². The number of nitro groups is 1. The van der Waals surface area contributed by atoms with Crippen LogP contribution in [0.3, 0.4) is 0 Å². The zero-order valence-electron chi connectivity index (χ0n) is 21.3. The van der Waals surface area contributed by atoms with Crippen molar-refractivity contribution in [3.8, 4) is 11.5 Å². The molecule has 0 atom stereocenters. The Bertz CT molecular complexity index is 1410. The van der Waals surface area contributed by atoms with Crippen LogP contribution in [0.15, 0.2) is 72.4 Å². The summed E-state index contributed by atoms with van der Waals surface area (Å²) in [6.07, 6.45) is -1.81. The van der Waals surface area contributed by atoms with Gasteiger partial charge in [0.2, 0.25) is 5.91 Å². The molecule has 0 heterocycles. The third-order valence-electron chi connectivity index (χ3n) is 5.48. The van der Waals surface area contributed by atoms with Crippen molar-refractivity contribution >= 4 is 29.4 Å². The summed E-state index contributed by atoms with van der Waals surface area (Å²) in [4.78, 5) is 22.7. The number of nitrogens with one attached hydrogen (secondary N) is 1. The van der Waals surface area contributed by atoms with Crippen molar-refractivity contribution in [2.45, 2.75) is 32.5 Å². The Morgan fingerprint density at radius 3 is 2.48 bits per heavy atom. The van der Waals surface area contributed by atoms with E-state index in [2.05, 4.69) is 17.1 Å². The molecule has 0 bridgehead atoms. The Balaban J connectivity index is 1.76. The molecule has 0 spiro atoms. The summed E-state index contributed by atoms with van der Waals surface area (Å²) in [6.45, 7) is 6.22. The molecule has 0 unspecified atom stereocenters. The van der Waals surface area contributed by atoms with Crippen molar-refractivity contribution in [3.63, 3.8) is 0 Å². The first-order valence-electron chi connectivity index (χ1n) is 12.0. The minimum absolute atomic E-state index is 0.181. The fourth-order valence-corrected chi connectivity index (χ4v) is 3.80. The van der Waals surface area contributed by atoms with Gasteiger partial charge in [-0.3, -0.25) is 14.9 Å². The maximum absolute atomic E-state index is 12.9. The van der Waals surface area contributed by atoms with Gasteiger partial charge in [0.25, 0.3) is 5.69 Å². The number of nitrogens with zero attached hydrogens (tertiary/aromatic N) is 2. The number of hydrogen-bond acceptors (Lipinski definition) is 6. The van der Waals surface area contributed by atoms with E-state index in [9.17, 15) is 28.1 Å². The predicted octanol–water partition coefficient (Wildman–Crippen LogP) is 6.67. The number of amides is 1. The third kappa shape index (κ3) is 8.31. The second kappa shape index (κ2) is 13.6. The van der Waals surface area contributed by atoms with Crippen LogP contribution in [0.1, 0.15) is 34.7 Å². The standard InChI is InChI=1S/C28H25ClF3N3O5/c1-3-5-21-12-19(13-25(39-4-2)27(21)40-17-18-6-10-23(29)11-7-18)16-33-34-26(36)14-20-8-9-22(28(30,31)32)15-24(20)35(37)38/h3,6-13,15-16H,1,4-5,14,17H2,2H3,(H,34,36)/b33-16+. The summed E-state index contributed by atoms with van der Waals surface area (Å²) >= 11 is 5.95. The van der Waals surface area contributed by atoms with Crippen LogP contribution < -0.4 is 14.9 Å². The van der Waals surface area contributed by atoms with Gasteiger partial charge in [-0.25, -0.2) is 5.43 Å². The highest BCUT2D eigenvalue weighted by Crippen LogP contribution is 2.35. The minimum Gasteiger partial charge on any atom is -0.490 e. The van der Waals surface area contributed by atoms with Crippen LogP contribution in [0.5, 0.6) is 11.5 Å². The molecule has 1 N–H and O–H groups in total. The summed E-state index contributed by atoms with van der Waals surface area (Å²) < 4.78 is 50.6. The molecule has 0 aliphatic heterocycles. The predicted molar refractivity (Wildman–Crippen MR) is 145 cm³/mol. The molecule has 0 aromatic heterocycles. The molecule has 0 aliphatic carbocycles. The number of alkyl halides is 3. The maximum Gasteiger partial charge on any atom is 0.416 e. The van der Waals surface area contributed by atoms with Gasteiger partial charge in [-0.1, -0.05) is 35.9 Å². The lowest BCUT2D eigenvalue weighted by atomic mass is 10.1. The normalized spacial score (nSPS) is 11.3. The van der Waals surface area contributed by atoms with Gasteiger partial charge in [0, 0.05) is 22.2 Å². The lowest BCUT2D eigenvalue weighted by Crippen LogP contribution is -2.20. The van der Waals surface area contributed by atoms with Gasteiger partial charge >= 0.3 is 6.18 Å². The first kappa shape index (κ1) is 30.2. The fourth-order valence-electron chi connectivity index (χ4n) is 3.68. The zero-order chi connectivity index (χ0) is 29.3. The first-order chi connectivity index (χ1) is 19.0. The van der Waals surface area contributed by atoms with Crippen molar-refractivity contribution in [1.82, 2.24) is 5.43 Å². The maximum atomic E-state index is 12.9. The number of allylic oxidation sites excluding steroid dienone is 1. The Morgan fingerprint density at radius 1 is 1.12 bits per heavy atom. The van der Waals surface area contributed by atoms with E-state index in [-0.39, 0.29) is 12.2 Å². The first-order valence-corrected chi connectivity index (χ1v) is 12.3. The monoisotopic (exact) mass is 575 g/mol. The number of hydrazone groups is 1. The molecule has 40 heavy (non-hydrogen) atoms. The molecule has 1 amide bonds. The lowest BCUT2D eigenvalue weighted by Gasteiger charge is -2.17. The summed E-state index contributed by atoms with van der Waals surface area (Å²) in [5.74, 6) is 0.217. The van der Waals surface area contributed by atoms with Gasteiger partial charge in [0.15, 0.2) is 11.5 Å². The van der Waals surface area contributed by atoms with Crippen molar-refractivity contribution < 1.29 is 32.4 Å². The molecule has 0 fully saturated rings. The molecular weight excluding hydrogens is 551 g/mol. The van der Waals surface area contributed by atoms with E-state index in [4.69, 9.17) is 21.1 Å². The average molecular weight is 576 g/mol.